The number of ketones is 1. The minimum atomic E-state index is -0.0858. The average Bonchev–Trinajstić information content (AvgIpc) is 3.05. The van der Waals surface area contributed by atoms with Crippen LogP contribution in [0.25, 0.3) is 15.7 Å². The van der Waals surface area contributed by atoms with Crippen LogP contribution in [0.15, 0.2) is 73.3 Å². The molecule has 0 spiro atoms. The lowest BCUT2D eigenvalue weighted by Crippen LogP contribution is -2.03. The van der Waals surface area contributed by atoms with Gasteiger partial charge in [-0.1, -0.05) is 48.6 Å². The van der Waals surface area contributed by atoms with Crippen LogP contribution in [0.2, 0.25) is 0 Å². The number of phenols is 1. The Balaban J connectivity index is 1.83. The largest absolute Gasteiger partial charge is 0.508 e. The number of hydrogen-bond donors (Lipinski definition) is 1. The Kier molecular flexibility index (Phi) is 4.95. The summed E-state index contributed by atoms with van der Waals surface area (Å²) < 4.78 is 7.00. The van der Waals surface area contributed by atoms with Crippen LogP contribution in [0.4, 0.5) is 0 Å². The maximum Gasteiger partial charge on any atom is 0.207 e. The predicted molar refractivity (Wildman–Crippen MR) is 119 cm³/mol. The molecule has 3 nitrogen and oxygen atoms in total. The van der Waals surface area contributed by atoms with Gasteiger partial charge in [0.1, 0.15) is 16.4 Å². The van der Waals surface area contributed by atoms with E-state index >= 15 is 0 Å². The first-order chi connectivity index (χ1) is 13.9. The minimum absolute atomic E-state index is 0.0858. The summed E-state index contributed by atoms with van der Waals surface area (Å²) in [6.07, 6.45) is 0. The Morgan fingerprint density at radius 3 is 2.45 bits per heavy atom. The molecule has 4 rings (SSSR count). The van der Waals surface area contributed by atoms with Gasteiger partial charge in [-0.15, -0.1) is 11.3 Å². The van der Waals surface area contributed by atoms with E-state index in [4.69, 9.17) is 4.74 Å². The van der Waals surface area contributed by atoms with Crippen molar-refractivity contribution in [3.63, 3.8) is 0 Å². The summed E-state index contributed by atoms with van der Waals surface area (Å²) in [6, 6.07) is 20.2. The van der Waals surface area contributed by atoms with Gasteiger partial charge in [0.05, 0.1) is 0 Å². The van der Waals surface area contributed by atoms with E-state index in [0.29, 0.717) is 21.9 Å². The van der Waals surface area contributed by atoms with E-state index in [1.165, 1.54) is 11.3 Å². The molecule has 1 aromatic heterocycles. The summed E-state index contributed by atoms with van der Waals surface area (Å²) in [7, 11) is 0. The Hall–Kier alpha value is -3.37. The molecule has 0 saturated carbocycles. The lowest BCUT2D eigenvalue weighted by atomic mass is 10.0. The molecule has 0 atom stereocenters. The Labute approximate surface area is 173 Å². The standard InChI is InChI=1S/C25H20O3S/c1-15(2)17-8-11-19(12-9-17)28-24-21-13-10-18(26)14-22(21)29-25(24)23(27)20-7-5-4-6-16(20)3/h4-14,26H,1H2,2-3H3. The van der Waals surface area contributed by atoms with Gasteiger partial charge in [0.2, 0.25) is 5.78 Å². The molecule has 0 aliphatic heterocycles. The predicted octanol–water partition coefficient (Wildman–Crippen LogP) is 6.97. The second kappa shape index (κ2) is 7.57. The van der Waals surface area contributed by atoms with E-state index in [9.17, 15) is 9.90 Å². The maximum atomic E-state index is 13.3. The van der Waals surface area contributed by atoms with Crippen molar-refractivity contribution in [2.75, 3.05) is 0 Å². The number of benzene rings is 3. The fourth-order valence-corrected chi connectivity index (χ4v) is 4.31. The molecule has 144 valence electrons. The zero-order valence-corrected chi connectivity index (χ0v) is 17.0. The molecule has 1 heterocycles. The van der Waals surface area contributed by atoms with E-state index in [1.54, 1.807) is 18.2 Å². The van der Waals surface area contributed by atoms with Gasteiger partial charge in [0.15, 0.2) is 5.75 Å². The number of phenolic OH excluding ortho intramolecular Hbond substituents is 1. The van der Waals surface area contributed by atoms with Crippen molar-refractivity contribution in [2.24, 2.45) is 0 Å². The highest BCUT2D eigenvalue weighted by Gasteiger charge is 2.23. The van der Waals surface area contributed by atoms with Crippen LogP contribution in [-0.2, 0) is 0 Å². The Morgan fingerprint density at radius 2 is 1.76 bits per heavy atom. The molecule has 0 bridgehead atoms. The first kappa shape index (κ1) is 19.0. The van der Waals surface area contributed by atoms with Gasteiger partial charge in [-0.25, -0.2) is 0 Å². The van der Waals surface area contributed by atoms with Crippen LogP contribution in [-0.4, -0.2) is 10.9 Å². The molecule has 0 amide bonds. The zero-order valence-electron chi connectivity index (χ0n) is 16.2. The summed E-state index contributed by atoms with van der Waals surface area (Å²) in [5.74, 6) is 1.23. The van der Waals surface area contributed by atoms with Crippen molar-refractivity contribution in [1.82, 2.24) is 0 Å². The number of fused-ring (bicyclic) bond motifs is 1. The number of thiophene rings is 1. The van der Waals surface area contributed by atoms with Crippen LogP contribution < -0.4 is 4.74 Å². The second-order valence-corrected chi connectivity index (χ2v) is 8.04. The summed E-state index contributed by atoms with van der Waals surface area (Å²) in [5.41, 5.74) is 3.57. The molecule has 3 aromatic carbocycles. The number of rotatable bonds is 5. The van der Waals surface area contributed by atoms with Crippen LogP contribution in [0, 0.1) is 6.92 Å². The highest BCUT2D eigenvalue weighted by molar-refractivity contribution is 7.21. The summed E-state index contributed by atoms with van der Waals surface area (Å²) >= 11 is 1.33. The van der Waals surface area contributed by atoms with Crippen molar-refractivity contribution >= 4 is 32.8 Å². The number of ether oxygens (including phenoxy) is 1. The number of aryl methyl sites for hydroxylation is 1. The zero-order chi connectivity index (χ0) is 20.5. The van der Waals surface area contributed by atoms with E-state index in [1.807, 2.05) is 62.4 Å². The topological polar surface area (TPSA) is 46.5 Å². The maximum absolute atomic E-state index is 13.3. The minimum Gasteiger partial charge on any atom is -0.508 e. The molecule has 0 aliphatic carbocycles. The van der Waals surface area contributed by atoms with Crippen molar-refractivity contribution in [1.29, 1.82) is 0 Å². The highest BCUT2D eigenvalue weighted by Crippen LogP contribution is 2.43. The van der Waals surface area contributed by atoms with Gasteiger partial charge in [-0.3, -0.25) is 4.79 Å². The van der Waals surface area contributed by atoms with Gasteiger partial charge >= 0.3 is 0 Å². The normalized spacial score (nSPS) is 10.8. The third-order valence-electron chi connectivity index (χ3n) is 4.79. The third kappa shape index (κ3) is 3.67. The second-order valence-electron chi connectivity index (χ2n) is 6.99. The fourth-order valence-electron chi connectivity index (χ4n) is 3.19. The molecule has 0 unspecified atom stereocenters. The Bertz CT molecular complexity index is 1230. The van der Waals surface area contributed by atoms with Crippen LogP contribution in [0.1, 0.15) is 33.3 Å². The molecule has 0 radical (unpaired) electrons. The summed E-state index contributed by atoms with van der Waals surface area (Å²) in [6.45, 7) is 7.82. The van der Waals surface area contributed by atoms with E-state index in [0.717, 1.165) is 26.8 Å². The molecule has 29 heavy (non-hydrogen) atoms. The molecule has 1 N–H and O–H groups in total. The monoisotopic (exact) mass is 400 g/mol. The molecular weight excluding hydrogens is 380 g/mol. The number of allylic oxidation sites excluding steroid dienone is 1. The van der Waals surface area contributed by atoms with Crippen LogP contribution >= 0.6 is 11.3 Å². The van der Waals surface area contributed by atoms with Crippen LogP contribution in [0.3, 0.4) is 0 Å². The van der Waals surface area contributed by atoms with Gasteiger partial charge < -0.3 is 9.84 Å². The highest BCUT2D eigenvalue weighted by atomic mass is 32.1. The average molecular weight is 400 g/mol. The number of hydrogen-bond acceptors (Lipinski definition) is 4. The molecule has 0 fully saturated rings. The molecule has 4 aromatic rings. The molecule has 4 heteroatoms. The Morgan fingerprint density at radius 1 is 1.03 bits per heavy atom. The van der Waals surface area contributed by atoms with Gasteiger partial charge in [-0.05, 0) is 55.3 Å². The fraction of sp³-hybridized carbons (Fsp3) is 0.0800. The van der Waals surface area contributed by atoms with Gasteiger partial charge in [-0.2, -0.15) is 0 Å². The number of carbonyl (C=O) groups excluding carboxylic acids is 1. The van der Waals surface area contributed by atoms with Crippen molar-refractivity contribution < 1.29 is 14.6 Å². The lowest BCUT2D eigenvalue weighted by Gasteiger charge is -2.09. The third-order valence-corrected chi connectivity index (χ3v) is 5.92. The summed E-state index contributed by atoms with van der Waals surface area (Å²) in [4.78, 5) is 13.8. The first-order valence-corrected chi connectivity index (χ1v) is 10.1. The van der Waals surface area contributed by atoms with Crippen molar-refractivity contribution in [3.8, 4) is 17.2 Å². The molecular formula is C25H20O3S. The SMILES string of the molecule is C=C(C)c1ccc(Oc2c(C(=O)c3ccccc3C)sc3cc(O)ccc23)cc1. The van der Waals surface area contributed by atoms with Gasteiger partial charge in [0, 0.05) is 15.6 Å². The number of carbonyl (C=O) groups is 1. The number of aromatic hydroxyl groups is 1. The lowest BCUT2D eigenvalue weighted by molar-refractivity contribution is 0.104. The van der Waals surface area contributed by atoms with E-state index in [-0.39, 0.29) is 11.5 Å². The quantitative estimate of drug-likeness (QED) is 0.368. The first-order valence-electron chi connectivity index (χ1n) is 9.23. The molecule has 0 saturated heterocycles. The van der Waals surface area contributed by atoms with E-state index in [2.05, 4.69) is 6.58 Å². The smallest absolute Gasteiger partial charge is 0.207 e. The van der Waals surface area contributed by atoms with Crippen LogP contribution in [0.5, 0.6) is 17.2 Å². The van der Waals surface area contributed by atoms with E-state index < -0.39 is 0 Å². The molecule has 0 aliphatic rings. The summed E-state index contributed by atoms with van der Waals surface area (Å²) in [5, 5.41) is 10.7. The van der Waals surface area contributed by atoms with Crippen molar-refractivity contribution in [2.45, 2.75) is 13.8 Å². The van der Waals surface area contributed by atoms with Crippen molar-refractivity contribution in [3.05, 3.63) is 94.9 Å². The van der Waals surface area contributed by atoms with Gasteiger partial charge in [0.25, 0.3) is 0 Å².